The molecule has 0 unspecified atom stereocenters. The number of ether oxygens (including phenoxy) is 1. The van der Waals surface area contributed by atoms with E-state index in [0.29, 0.717) is 6.61 Å². The van der Waals surface area contributed by atoms with Crippen molar-refractivity contribution in [2.45, 2.75) is 57.8 Å². The minimum Gasteiger partial charge on any atom is -0.396 e. The van der Waals surface area contributed by atoms with Crippen LogP contribution in [0, 0.1) is 5.92 Å². The molecule has 1 heterocycles. The molecule has 0 spiro atoms. The number of hydrogen-bond donors (Lipinski definition) is 1. The summed E-state index contributed by atoms with van der Waals surface area (Å²) in [6.07, 6.45) is 11.2. The number of hydrogen-bond acceptors (Lipinski definition) is 3. The van der Waals surface area contributed by atoms with Crippen molar-refractivity contribution in [2.24, 2.45) is 5.92 Å². The molecule has 0 aromatic heterocycles. The predicted octanol–water partition coefficient (Wildman–Crippen LogP) is 3.07. The molecule has 0 aliphatic carbocycles. The van der Waals surface area contributed by atoms with Crippen LogP contribution in [0.4, 0.5) is 0 Å². The van der Waals surface area contributed by atoms with Crippen LogP contribution in [0.25, 0.3) is 0 Å². The van der Waals surface area contributed by atoms with Crippen molar-refractivity contribution in [1.82, 2.24) is 4.90 Å². The molecular weight excluding hydrogens is 238 g/mol. The van der Waals surface area contributed by atoms with E-state index in [9.17, 15) is 0 Å². The number of likely N-dealkylation sites (tertiary alicyclic amines) is 1. The molecular formula is C16H33NO2. The van der Waals surface area contributed by atoms with Crippen LogP contribution in [0.1, 0.15) is 57.8 Å². The number of rotatable bonds is 11. The van der Waals surface area contributed by atoms with Crippen LogP contribution in [0.15, 0.2) is 0 Å². The van der Waals surface area contributed by atoms with Gasteiger partial charge in [-0.05, 0) is 64.6 Å². The summed E-state index contributed by atoms with van der Waals surface area (Å²) in [7, 11) is 2.23. The Hall–Kier alpha value is -0.120. The van der Waals surface area contributed by atoms with Crippen molar-refractivity contribution in [3.63, 3.8) is 0 Å². The summed E-state index contributed by atoms with van der Waals surface area (Å²) in [4.78, 5) is 2.45. The Bertz CT molecular complexity index is 191. The monoisotopic (exact) mass is 271 g/mol. The molecule has 1 saturated heterocycles. The van der Waals surface area contributed by atoms with Gasteiger partial charge in [0.2, 0.25) is 0 Å². The van der Waals surface area contributed by atoms with Crippen molar-refractivity contribution >= 4 is 0 Å². The van der Waals surface area contributed by atoms with Crippen molar-refractivity contribution in [1.29, 1.82) is 0 Å². The van der Waals surface area contributed by atoms with Gasteiger partial charge in [-0.15, -0.1) is 0 Å². The molecule has 114 valence electrons. The molecule has 0 radical (unpaired) electrons. The quantitative estimate of drug-likeness (QED) is 0.586. The van der Waals surface area contributed by atoms with Gasteiger partial charge in [-0.1, -0.05) is 19.3 Å². The Balaban J connectivity index is 1.76. The third-order valence-electron chi connectivity index (χ3n) is 4.19. The molecule has 19 heavy (non-hydrogen) atoms. The van der Waals surface area contributed by atoms with Crippen molar-refractivity contribution in [2.75, 3.05) is 40.0 Å². The van der Waals surface area contributed by atoms with Gasteiger partial charge in [-0.2, -0.15) is 0 Å². The Kier molecular flexibility index (Phi) is 10.4. The highest BCUT2D eigenvalue weighted by Gasteiger charge is 2.15. The highest BCUT2D eigenvalue weighted by atomic mass is 16.5. The van der Waals surface area contributed by atoms with E-state index >= 15 is 0 Å². The summed E-state index contributed by atoms with van der Waals surface area (Å²) in [6.45, 7) is 4.70. The first-order chi connectivity index (χ1) is 9.33. The fourth-order valence-electron chi connectivity index (χ4n) is 2.76. The molecule has 0 aromatic carbocycles. The molecule has 1 fully saturated rings. The van der Waals surface area contributed by atoms with Crippen LogP contribution < -0.4 is 0 Å². The summed E-state index contributed by atoms with van der Waals surface area (Å²) in [5, 5.41) is 8.64. The summed E-state index contributed by atoms with van der Waals surface area (Å²) >= 11 is 0. The molecule has 3 heteroatoms. The molecule has 1 N–H and O–H groups in total. The Morgan fingerprint density at radius 3 is 2.21 bits per heavy atom. The summed E-state index contributed by atoms with van der Waals surface area (Å²) in [6, 6.07) is 0. The van der Waals surface area contributed by atoms with Crippen LogP contribution in [0.5, 0.6) is 0 Å². The summed E-state index contributed by atoms with van der Waals surface area (Å²) in [5.41, 5.74) is 0. The zero-order valence-corrected chi connectivity index (χ0v) is 12.8. The molecule has 0 aromatic rings. The number of aliphatic hydroxyl groups is 1. The zero-order valence-electron chi connectivity index (χ0n) is 12.8. The Morgan fingerprint density at radius 2 is 1.58 bits per heavy atom. The minimum atomic E-state index is 0.316. The molecule has 0 amide bonds. The topological polar surface area (TPSA) is 32.7 Å². The van der Waals surface area contributed by atoms with E-state index in [1.807, 2.05) is 0 Å². The fraction of sp³-hybridized carbons (Fsp3) is 1.00. The van der Waals surface area contributed by atoms with Gasteiger partial charge in [0.05, 0.1) is 0 Å². The van der Waals surface area contributed by atoms with Crippen LogP contribution >= 0.6 is 0 Å². The van der Waals surface area contributed by atoms with Gasteiger partial charge in [0, 0.05) is 19.8 Å². The third kappa shape index (κ3) is 9.42. The standard InChI is InChI=1S/C16H33NO2/c1-17-11-9-16(10-12-17)8-4-2-6-14-19-15-7-3-5-13-18/h16,18H,2-15H2,1H3. The molecule has 3 nitrogen and oxygen atoms in total. The van der Waals surface area contributed by atoms with Crippen molar-refractivity contribution in [3.05, 3.63) is 0 Å². The van der Waals surface area contributed by atoms with E-state index in [1.54, 1.807) is 0 Å². The average Bonchev–Trinajstić information content (AvgIpc) is 2.43. The molecule has 1 aliphatic heterocycles. The lowest BCUT2D eigenvalue weighted by molar-refractivity contribution is 0.123. The zero-order chi connectivity index (χ0) is 13.8. The SMILES string of the molecule is CN1CCC(CCCCCOCCCCCO)CC1. The number of aliphatic hydroxyl groups excluding tert-OH is 1. The molecule has 0 saturated carbocycles. The number of unbranched alkanes of at least 4 members (excludes halogenated alkanes) is 4. The van der Waals surface area contributed by atoms with E-state index in [4.69, 9.17) is 9.84 Å². The predicted molar refractivity (Wildman–Crippen MR) is 80.4 cm³/mol. The van der Waals surface area contributed by atoms with E-state index < -0.39 is 0 Å². The number of piperidine rings is 1. The second-order valence-corrected chi connectivity index (χ2v) is 5.99. The smallest absolute Gasteiger partial charge is 0.0466 e. The van der Waals surface area contributed by atoms with Crippen LogP contribution in [0.3, 0.4) is 0 Å². The van der Waals surface area contributed by atoms with Gasteiger partial charge >= 0.3 is 0 Å². The largest absolute Gasteiger partial charge is 0.396 e. The van der Waals surface area contributed by atoms with Crippen LogP contribution in [-0.4, -0.2) is 50.0 Å². The first-order valence-corrected chi connectivity index (χ1v) is 8.20. The van der Waals surface area contributed by atoms with E-state index in [-0.39, 0.29) is 0 Å². The Labute approximate surface area is 119 Å². The van der Waals surface area contributed by atoms with Gasteiger partial charge in [-0.3, -0.25) is 0 Å². The third-order valence-corrected chi connectivity index (χ3v) is 4.19. The van der Waals surface area contributed by atoms with E-state index in [0.717, 1.165) is 38.4 Å². The lowest BCUT2D eigenvalue weighted by Gasteiger charge is -2.28. The van der Waals surface area contributed by atoms with Gasteiger partial charge in [-0.25, -0.2) is 0 Å². The second kappa shape index (κ2) is 11.7. The van der Waals surface area contributed by atoms with E-state index in [1.165, 1.54) is 51.6 Å². The maximum absolute atomic E-state index is 8.64. The highest BCUT2D eigenvalue weighted by molar-refractivity contribution is 4.69. The normalized spacial score (nSPS) is 18.0. The maximum atomic E-state index is 8.64. The molecule has 1 aliphatic rings. The van der Waals surface area contributed by atoms with Crippen molar-refractivity contribution < 1.29 is 9.84 Å². The van der Waals surface area contributed by atoms with Crippen LogP contribution in [-0.2, 0) is 4.74 Å². The maximum Gasteiger partial charge on any atom is 0.0466 e. The summed E-state index contributed by atoms with van der Waals surface area (Å²) in [5.74, 6) is 0.982. The molecule has 0 atom stereocenters. The van der Waals surface area contributed by atoms with Crippen molar-refractivity contribution in [3.8, 4) is 0 Å². The van der Waals surface area contributed by atoms with Gasteiger partial charge in [0.1, 0.15) is 0 Å². The van der Waals surface area contributed by atoms with Gasteiger partial charge in [0.25, 0.3) is 0 Å². The van der Waals surface area contributed by atoms with Gasteiger partial charge < -0.3 is 14.7 Å². The first kappa shape index (κ1) is 16.9. The second-order valence-electron chi connectivity index (χ2n) is 5.99. The average molecular weight is 271 g/mol. The summed E-state index contributed by atoms with van der Waals surface area (Å²) < 4.78 is 5.60. The number of nitrogens with zero attached hydrogens (tertiary/aromatic N) is 1. The lowest BCUT2D eigenvalue weighted by atomic mass is 9.91. The highest BCUT2D eigenvalue weighted by Crippen LogP contribution is 2.21. The first-order valence-electron chi connectivity index (χ1n) is 8.20. The lowest BCUT2D eigenvalue weighted by Crippen LogP contribution is -2.30. The molecule has 1 rings (SSSR count). The van der Waals surface area contributed by atoms with Gasteiger partial charge in [0.15, 0.2) is 0 Å². The van der Waals surface area contributed by atoms with Crippen LogP contribution in [0.2, 0.25) is 0 Å². The minimum absolute atomic E-state index is 0.316. The Morgan fingerprint density at radius 1 is 0.947 bits per heavy atom. The van der Waals surface area contributed by atoms with E-state index in [2.05, 4.69) is 11.9 Å². The fourth-order valence-corrected chi connectivity index (χ4v) is 2.76. The molecule has 0 bridgehead atoms.